The lowest BCUT2D eigenvalue weighted by Crippen LogP contribution is -2.42. The number of nitrogens with zero attached hydrogens (tertiary/aromatic N) is 3. The number of likely N-dealkylation sites (N-methyl/N-ethyl adjacent to an activating group) is 1. The smallest absolute Gasteiger partial charge is 0.191 e. The number of hydrogen-bond donors (Lipinski definition) is 2. The van der Waals surface area contributed by atoms with Gasteiger partial charge in [0, 0.05) is 32.4 Å². The van der Waals surface area contributed by atoms with Crippen molar-refractivity contribution in [3.63, 3.8) is 0 Å². The van der Waals surface area contributed by atoms with E-state index in [1.165, 1.54) is 30.2 Å². The van der Waals surface area contributed by atoms with Crippen LogP contribution in [0, 0.1) is 5.82 Å². The van der Waals surface area contributed by atoms with Crippen LogP contribution in [0.2, 0.25) is 0 Å². The highest BCUT2D eigenvalue weighted by Gasteiger charge is 2.17. The third-order valence-electron chi connectivity index (χ3n) is 5.74. The summed E-state index contributed by atoms with van der Waals surface area (Å²) in [5, 5.41) is 6.89. The maximum atomic E-state index is 13.7. The van der Waals surface area contributed by atoms with Gasteiger partial charge < -0.3 is 20.4 Å². The summed E-state index contributed by atoms with van der Waals surface area (Å²) in [6, 6.07) is 15.7. The molecule has 2 aromatic carbocycles. The molecule has 162 valence electrons. The van der Waals surface area contributed by atoms with E-state index in [4.69, 9.17) is 0 Å². The second kappa shape index (κ2) is 10.4. The first-order chi connectivity index (χ1) is 14.5. The summed E-state index contributed by atoms with van der Waals surface area (Å²) in [5.74, 6) is 0.519. The third kappa shape index (κ3) is 5.72. The Kier molecular flexibility index (Phi) is 7.69. The van der Waals surface area contributed by atoms with Gasteiger partial charge in [-0.2, -0.15) is 0 Å². The molecule has 30 heavy (non-hydrogen) atoms. The van der Waals surface area contributed by atoms with Crippen LogP contribution < -0.4 is 15.5 Å². The lowest BCUT2D eigenvalue weighted by atomic mass is 10.1. The number of benzene rings is 2. The van der Waals surface area contributed by atoms with Crippen LogP contribution in [0.5, 0.6) is 0 Å². The topological polar surface area (TPSA) is 42.9 Å². The van der Waals surface area contributed by atoms with Gasteiger partial charge in [-0.15, -0.1) is 0 Å². The number of halogens is 1. The van der Waals surface area contributed by atoms with E-state index in [-0.39, 0.29) is 17.9 Å². The zero-order valence-electron chi connectivity index (χ0n) is 18.5. The standard InChI is InChI=1S/C24H34FN5/c1-18(19-9-8-12-22(16-19)30-13-5-6-14-30)28-24(26-2)27-17-23(29(3)4)20-10-7-11-21(25)15-20/h7-12,15-16,18,23H,5-6,13-14,17H2,1-4H3,(H2,26,27,28). The van der Waals surface area contributed by atoms with Crippen molar-refractivity contribution in [2.75, 3.05) is 45.7 Å². The average Bonchev–Trinajstić information content (AvgIpc) is 3.28. The molecule has 5 nitrogen and oxygen atoms in total. The fourth-order valence-corrected chi connectivity index (χ4v) is 3.95. The van der Waals surface area contributed by atoms with E-state index in [1.807, 2.05) is 20.2 Å². The number of guanidine groups is 1. The van der Waals surface area contributed by atoms with Crippen molar-refractivity contribution in [1.29, 1.82) is 0 Å². The lowest BCUT2D eigenvalue weighted by Gasteiger charge is -2.27. The van der Waals surface area contributed by atoms with E-state index >= 15 is 0 Å². The molecular weight excluding hydrogens is 377 g/mol. The summed E-state index contributed by atoms with van der Waals surface area (Å²) in [6.45, 7) is 5.05. The maximum Gasteiger partial charge on any atom is 0.191 e. The maximum absolute atomic E-state index is 13.7. The Hall–Kier alpha value is -2.60. The molecule has 3 rings (SSSR count). The molecule has 0 aliphatic carbocycles. The van der Waals surface area contributed by atoms with Crippen molar-refractivity contribution in [1.82, 2.24) is 15.5 Å². The van der Waals surface area contributed by atoms with Gasteiger partial charge >= 0.3 is 0 Å². The van der Waals surface area contributed by atoms with Crippen LogP contribution in [0.4, 0.5) is 10.1 Å². The number of anilines is 1. The van der Waals surface area contributed by atoms with Gasteiger partial charge in [0.2, 0.25) is 0 Å². The fourth-order valence-electron chi connectivity index (χ4n) is 3.95. The Balaban J connectivity index is 1.63. The molecule has 1 aliphatic heterocycles. The molecule has 0 saturated carbocycles. The van der Waals surface area contributed by atoms with Gasteiger partial charge in [-0.25, -0.2) is 4.39 Å². The Morgan fingerprint density at radius 3 is 2.47 bits per heavy atom. The first-order valence-corrected chi connectivity index (χ1v) is 10.7. The van der Waals surface area contributed by atoms with E-state index in [0.29, 0.717) is 6.54 Å². The molecule has 1 aliphatic rings. The van der Waals surface area contributed by atoms with Gasteiger partial charge in [0.05, 0.1) is 12.1 Å². The Morgan fingerprint density at radius 2 is 1.80 bits per heavy atom. The van der Waals surface area contributed by atoms with Gasteiger partial charge in [0.25, 0.3) is 0 Å². The summed E-state index contributed by atoms with van der Waals surface area (Å²) in [7, 11) is 5.77. The Bertz CT molecular complexity index is 845. The normalized spacial score (nSPS) is 16.6. The largest absolute Gasteiger partial charge is 0.372 e. The molecule has 2 atom stereocenters. The summed E-state index contributed by atoms with van der Waals surface area (Å²) in [5.41, 5.74) is 3.46. The van der Waals surface area contributed by atoms with Crippen LogP contribution in [0.1, 0.15) is 43.0 Å². The molecular formula is C24H34FN5. The van der Waals surface area contributed by atoms with Crippen molar-refractivity contribution in [3.05, 3.63) is 65.5 Å². The van der Waals surface area contributed by atoms with Crippen LogP contribution >= 0.6 is 0 Å². The zero-order valence-corrected chi connectivity index (χ0v) is 18.5. The highest BCUT2D eigenvalue weighted by molar-refractivity contribution is 5.80. The molecule has 0 spiro atoms. The van der Waals surface area contributed by atoms with E-state index < -0.39 is 0 Å². The van der Waals surface area contributed by atoms with Crippen molar-refractivity contribution in [3.8, 4) is 0 Å². The third-order valence-corrected chi connectivity index (χ3v) is 5.74. The molecule has 0 bridgehead atoms. The van der Waals surface area contributed by atoms with Crippen LogP contribution in [0.15, 0.2) is 53.5 Å². The SMILES string of the molecule is CN=C(NCC(c1cccc(F)c1)N(C)C)NC(C)c1cccc(N2CCCC2)c1. The van der Waals surface area contributed by atoms with Crippen molar-refractivity contribution in [2.45, 2.75) is 31.8 Å². The van der Waals surface area contributed by atoms with Gasteiger partial charge in [-0.1, -0.05) is 24.3 Å². The molecule has 1 fully saturated rings. The Morgan fingerprint density at radius 1 is 1.10 bits per heavy atom. The first-order valence-electron chi connectivity index (χ1n) is 10.7. The Labute approximate surface area is 180 Å². The number of hydrogen-bond acceptors (Lipinski definition) is 3. The predicted octanol–water partition coefficient (Wildman–Crippen LogP) is 3.95. The summed E-state index contributed by atoms with van der Waals surface area (Å²) in [4.78, 5) is 8.92. The van der Waals surface area contributed by atoms with Crippen molar-refractivity contribution in [2.24, 2.45) is 4.99 Å². The second-order valence-electron chi connectivity index (χ2n) is 8.14. The molecule has 0 radical (unpaired) electrons. The first kappa shape index (κ1) is 22.1. The van der Waals surface area contributed by atoms with Gasteiger partial charge in [0.1, 0.15) is 5.82 Å². The van der Waals surface area contributed by atoms with Crippen LogP contribution in [-0.4, -0.2) is 51.6 Å². The minimum Gasteiger partial charge on any atom is -0.372 e. The molecule has 1 saturated heterocycles. The minimum absolute atomic E-state index is 0.0352. The van der Waals surface area contributed by atoms with E-state index in [9.17, 15) is 4.39 Å². The molecule has 1 heterocycles. The number of aliphatic imine (C=N–C) groups is 1. The van der Waals surface area contributed by atoms with Crippen molar-refractivity contribution < 1.29 is 4.39 Å². The van der Waals surface area contributed by atoms with E-state index in [1.54, 1.807) is 19.2 Å². The van der Waals surface area contributed by atoms with Gasteiger partial charge in [-0.05, 0) is 69.3 Å². The fraction of sp³-hybridized carbons (Fsp3) is 0.458. The molecule has 0 amide bonds. The molecule has 6 heteroatoms. The van der Waals surface area contributed by atoms with Crippen LogP contribution in [0.3, 0.4) is 0 Å². The monoisotopic (exact) mass is 411 g/mol. The highest BCUT2D eigenvalue weighted by Crippen LogP contribution is 2.24. The van der Waals surface area contributed by atoms with E-state index in [0.717, 1.165) is 24.6 Å². The predicted molar refractivity (Wildman–Crippen MR) is 124 cm³/mol. The number of nitrogens with one attached hydrogen (secondary N) is 2. The minimum atomic E-state index is -0.214. The lowest BCUT2D eigenvalue weighted by molar-refractivity contribution is 0.297. The highest BCUT2D eigenvalue weighted by atomic mass is 19.1. The molecule has 2 aromatic rings. The molecule has 2 unspecified atom stereocenters. The average molecular weight is 412 g/mol. The number of rotatable bonds is 7. The second-order valence-corrected chi connectivity index (χ2v) is 8.14. The summed E-state index contributed by atoms with van der Waals surface area (Å²) >= 11 is 0. The van der Waals surface area contributed by atoms with Crippen molar-refractivity contribution >= 4 is 11.6 Å². The van der Waals surface area contributed by atoms with Gasteiger partial charge in [-0.3, -0.25) is 4.99 Å². The quantitative estimate of drug-likeness (QED) is 0.535. The molecule has 0 aromatic heterocycles. The summed E-state index contributed by atoms with van der Waals surface area (Å²) in [6.07, 6.45) is 2.54. The summed E-state index contributed by atoms with van der Waals surface area (Å²) < 4.78 is 13.7. The van der Waals surface area contributed by atoms with Crippen LogP contribution in [0.25, 0.3) is 0 Å². The van der Waals surface area contributed by atoms with E-state index in [2.05, 4.69) is 56.6 Å². The molecule has 2 N–H and O–H groups in total. The van der Waals surface area contributed by atoms with Crippen LogP contribution in [-0.2, 0) is 0 Å². The van der Waals surface area contributed by atoms with Gasteiger partial charge in [0.15, 0.2) is 5.96 Å². The zero-order chi connectivity index (χ0) is 21.5.